The molecule has 0 aromatic heterocycles. The predicted octanol–water partition coefficient (Wildman–Crippen LogP) is 3.84. The van der Waals surface area contributed by atoms with Gasteiger partial charge in [-0.2, -0.15) is 11.8 Å². The second kappa shape index (κ2) is 6.84. The van der Waals surface area contributed by atoms with E-state index in [4.69, 9.17) is 0 Å². The number of thioether (sulfide) groups is 1. The molecule has 0 unspecified atom stereocenters. The van der Waals surface area contributed by atoms with Gasteiger partial charge in [0.2, 0.25) is 0 Å². The van der Waals surface area contributed by atoms with Crippen LogP contribution in [0, 0.1) is 0 Å². The molecule has 0 aliphatic rings. The maximum Gasteiger partial charge on any atom is 0.573 e. The van der Waals surface area contributed by atoms with Gasteiger partial charge in [0.15, 0.2) is 0 Å². The lowest BCUT2D eigenvalue weighted by atomic mass is 10.1. The molecule has 106 valence electrons. The number of hydrogen-bond acceptors (Lipinski definition) is 3. The summed E-state index contributed by atoms with van der Waals surface area (Å²) < 4.78 is 39.6. The van der Waals surface area contributed by atoms with E-state index in [1.54, 1.807) is 11.8 Å². The summed E-state index contributed by atoms with van der Waals surface area (Å²) in [5, 5.41) is 0.381. The number of hydrogen-bond donors (Lipinski definition) is 0. The maximum atomic E-state index is 11.9. The lowest BCUT2D eigenvalue weighted by molar-refractivity contribution is -0.274. The summed E-state index contributed by atoms with van der Waals surface area (Å²) in [6.07, 6.45) is -4.46. The van der Waals surface area contributed by atoms with Gasteiger partial charge in [-0.1, -0.05) is 26.0 Å². The van der Waals surface area contributed by atoms with Gasteiger partial charge in [0.05, 0.1) is 5.75 Å². The molecule has 1 aromatic rings. The van der Waals surface area contributed by atoms with Gasteiger partial charge >= 0.3 is 6.36 Å². The number of alkyl halides is 3. The van der Waals surface area contributed by atoms with Crippen molar-refractivity contribution in [2.24, 2.45) is 0 Å². The van der Waals surface area contributed by atoms with Crippen LogP contribution in [0.5, 0.6) is 5.75 Å². The number of halogens is 3. The summed E-state index contributed by atoms with van der Waals surface area (Å²) in [6, 6.07) is 5.37. The zero-order valence-corrected chi connectivity index (χ0v) is 11.5. The SMILES string of the molecule is CC(C)SCC(=O)Cc1ccc(OC(F)(F)F)cc1. The molecule has 0 fully saturated rings. The molecular weight excluding hydrogens is 277 g/mol. The van der Waals surface area contributed by atoms with E-state index in [0.29, 0.717) is 16.6 Å². The van der Waals surface area contributed by atoms with Gasteiger partial charge in [-0.05, 0) is 22.9 Å². The number of benzene rings is 1. The highest BCUT2D eigenvalue weighted by molar-refractivity contribution is 8.00. The molecule has 0 aliphatic heterocycles. The van der Waals surface area contributed by atoms with E-state index >= 15 is 0 Å². The average molecular weight is 292 g/mol. The molecule has 0 atom stereocenters. The van der Waals surface area contributed by atoms with Crippen molar-refractivity contribution < 1.29 is 22.7 Å². The molecule has 0 saturated heterocycles. The smallest absolute Gasteiger partial charge is 0.406 e. The molecule has 1 rings (SSSR count). The second-order valence-electron chi connectivity index (χ2n) is 4.27. The van der Waals surface area contributed by atoms with Gasteiger partial charge in [-0.3, -0.25) is 4.79 Å². The zero-order chi connectivity index (χ0) is 14.5. The van der Waals surface area contributed by atoms with E-state index < -0.39 is 6.36 Å². The summed E-state index contributed by atoms with van der Waals surface area (Å²) in [7, 11) is 0. The molecule has 6 heteroatoms. The number of Topliss-reactive ketones (excluding diaryl/α,β-unsaturated/α-hetero) is 1. The van der Waals surface area contributed by atoms with Crippen molar-refractivity contribution in [2.45, 2.75) is 31.9 Å². The van der Waals surface area contributed by atoms with E-state index in [9.17, 15) is 18.0 Å². The Hall–Kier alpha value is -1.17. The van der Waals surface area contributed by atoms with Crippen LogP contribution in [-0.4, -0.2) is 23.1 Å². The lowest BCUT2D eigenvalue weighted by Crippen LogP contribution is -2.17. The minimum absolute atomic E-state index is 0.0585. The minimum atomic E-state index is -4.69. The van der Waals surface area contributed by atoms with Crippen LogP contribution in [0.4, 0.5) is 13.2 Å². The van der Waals surface area contributed by atoms with Crippen molar-refractivity contribution in [2.75, 3.05) is 5.75 Å². The highest BCUT2D eigenvalue weighted by Gasteiger charge is 2.30. The Morgan fingerprint density at radius 1 is 1.26 bits per heavy atom. The first kappa shape index (κ1) is 15.9. The van der Waals surface area contributed by atoms with Gasteiger partial charge in [-0.25, -0.2) is 0 Å². The van der Waals surface area contributed by atoms with Gasteiger partial charge in [-0.15, -0.1) is 13.2 Å². The Kier molecular flexibility index (Phi) is 5.72. The van der Waals surface area contributed by atoms with Crippen LogP contribution in [0.2, 0.25) is 0 Å². The number of carbonyl (C=O) groups is 1. The number of ether oxygens (including phenoxy) is 1. The third kappa shape index (κ3) is 7.10. The number of ketones is 1. The average Bonchev–Trinajstić information content (AvgIpc) is 2.27. The van der Waals surface area contributed by atoms with Crippen molar-refractivity contribution >= 4 is 17.5 Å². The van der Waals surface area contributed by atoms with E-state index in [1.807, 2.05) is 13.8 Å². The minimum Gasteiger partial charge on any atom is -0.406 e. The fraction of sp³-hybridized carbons (Fsp3) is 0.462. The molecule has 1 aromatic carbocycles. The van der Waals surface area contributed by atoms with Crippen molar-refractivity contribution in [3.8, 4) is 5.75 Å². The molecular formula is C13H15F3O2S. The summed E-state index contributed by atoms with van der Waals surface area (Å²) in [5.74, 6) is 0.196. The molecule has 0 heterocycles. The Morgan fingerprint density at radius 3 is 2.32 bits per heavy atom. The largest absolute Gasteiger partial charge is 0.573 e. The first-order valence-electron chi connectivity index (χ1n) is 5.74. The highest BCUT2D eigenvalue weighted by Crippen LogP contribution is 2.23. The summed E-state index contributed by atoms with van der Waals surface area (Å²) in [6.45, 7) is 4.00. The fourth-order valence-corrected chi connectivity index (χ4v) is 1.97. The third-order valence-electron chi connectivity index (χ3n) is 2.14. The standard InChI is InChI=1S/C13H15F3O2S/c1-9(2)19-8-11(17)7-10-3-5-12(6-4-10)18-13(14,15)16/h3-6,9H,7-8H2,1-2H3. The Bertz CT molecular complexity index is 413. The molecule has 0 bridgehead atoms. The van der Waals surface area contributed by atoms with Crippen molar-refractivity contribution in [3.05, 3.63) is 29.8 Å². The van der Waals surface area contributed by atoms with Gasteiger partial charge in [0.25, 0.3) is 0 Å². The van der Waals surface area contributed by atoms with Crippen LogP contribution < -0.4 is 4.74 Å². The number of rotatable bonds is 6. The van der Waals surface area contributed by atoms with Crippen LogP contribution in [0.1, 0.15) is 19.4 Å². The Labute approximate surface area is 114 Å². The third-order valence-corrected chi connectivity index (χ3v) is 3.29. The summed E-state index contributed by atoms with van der Waals surface area (Å²) in [4.78, 5) is 11.6. The first-order valence-corrected chi connectivity index (χ1v) is 6.79. The maximum absolute atomic E-state index is 11.9. The molecule has 0 N–H and O–H groups in total. The topological polar surface area (TPSA) is 26.3 Å². The van der Waals surface area contributed by atoms with Gasteiger partial charge in [0, 0.05) is 6.42 Å². The first-order chi connectivity index (χ1) is 8.76. The molecule has 2 nitrogen and oxygen atoms in total. The molecule has 0 spiro atoms. The van der Waals surface area contributed by atoms with Crippen LogP contribution in [-0.2, 0) is 11.2 Å². The quantitative estimate of drug-likeness (QED) is 0.797. The zero-order valence-electron chi connectivity index (χ0n) is 10.7. The number of carbonyl (C=O) groups excluding carboxylic acids is 1. The van der Waals surface area contributed by atoms with Crippen molar-refractivity contribution in [1.82, 2.24) is 0 Å². The summed E-state index contributed by atoms with van der Waals surface area (Å²) in [5.41, 5.74) is 0.684. The van der Waals surface area contributed by atoms with Gasteiger partial charge in [0.1, 0.15) is 11.5 Å². The second-order valence-corrected chi connectivity index (χ2v) is 5.83. The van der Waals surface area contributed by atoms with Crippen LogP contribution >= 0.6 is 11.8 Å². The fourth-order valence-electron chi connectivity index (χ4n) is 1.35. The van der Waals surface area contributed by atoms with E-state index in [1.165, 1.54) is 24.3 Å². The van der Waals surface area contributed by atoms with E-state index in [0.717, 1.165) is 0 Å². The molecule has 0 amide bonds. The Morgan fingerprint density at radius 2 is 1.84 bits per heavy atom. The molecule has 0 aliphatic carbocycles. The molecule has 19 heavy (non-hydrogen) atoms. The lowest BCUT2D eigenvalue weighted by Gasteiger charge is -2.09. The molecule has 0 radical (unpaired) electrons. The molecule has 0 saturated carbocycles. The van der Waals surface area contributed by atoms with E-state index in [2.05, 4.69) is 4.74 Å². The van der Waals surface area contributed by atoms with Crippen molar-refractivity contribution in [1.29, 1.82) is 0 Å². The van der Waals surface area contributed by atoms with Crippen LogP contribution in [0.25, 0.3) is 0 Å². The van der Waals surface area contributed by atoms with Crippen LogP contribution in [0.15, 0.2) is 24.3 Å². The summed E-state index contributed by atoms with van der Waals surface area (Å²) >= 11 is 1.55. The monoisotopic (exact) mass is 292 g/mol. The van der Waals surface area contributed by atoms with Gasteiger partial charge < -0.3 is 4.74 Å². The predicted molar refractivity (Wildman–Crippen MR) is 69.4 cm³/mol. The Balaban J connectivity index is 2.50. The van der Waals surface area contributed by atoms with E-state index in [-0.39, 0.29) is 18.0 Å². The van der Waals surface area contributed by atoms with Crippen LogP contribution in [0.3, 0.4) is 0 Å². The van der Waals surface area contributed by atoms with Crippen molar-refractivity contribution in [3.63, 3.8) is 0 Å². The normalized spacial score (nSPS) is 11.7. The highest BCUT2D eigenvalue weighted by atomic mass is 32.2.